The molecule has 0 radical (unpaired) electrons. The smallest absolute Gasteiger partial charge is 0.317 e. The molecule has 1 aromatic heterocycles. The lowest BCUT2D eigenvalue weighted by atomic mass is 9.85. The van der Waals surface area contributed by atoms with E-state index in [1.807, 2.05) is 6.07 Å². The lowest BCUT2D eigenvalue weighted by Gasteiger charge is -2.43. The fraction of sp³-hybridized carbons (Fsp3) is 0.667. The highest BCUT2D eigenvalue weighted by atomic mass is 35.5. The third kappa shape index (κ3) is 4.42. The van der Waals surface area contributed by atoms with Gasteiger partial charge in [0.1, 0.15) is 0 Å². The van der Waals surface area contributed by atoms with Crippen molar-refractivity contribution in [3.05, 3.63) is 21.3 Å². The van der Waals surface area contributed by atoms with Gasteiger partial charge in [0, 0.05) is 30.1 Å². The van der Waals surface area contributed by atoms with Crippen LogP contribution in [0.1, 0.15) is 30.6 Å². The first kappa shape index (κ1) is 15.3. The first-order valence-corrected chi connectivity index (χ1v) is 8.73. The van der Waals surface area contributed by atoms with Gasteiger partial charge in [-0.2, -0.15) is 0 Å². The molecule has 2 aliphatic carbocycles. The van der Waals surface area contributed by atoms with Gasteiger partial charge in [0.05, 0.1) is 10.9 Å². The van der Waals surface area contributed by atoms with Gasteiger partial charge < -0.3 is 10.4 Å². The Hall–Kier alpha value is -0.620. The molecule has 1 heterocycles. The summed E-state index contributed by atoms with van der Waals surface area (Å²) in [5.41, 5.74) is 0. The van der Waals surface area contributed by atoms with E-state index in [9.17, 15) is 4.79 Å². The second kappa shape index (κ2) is 6.65. The molecule has 1 aromatic rings. The summed E-state index contributed by atoms with van der Waals surface area (Å²) >= 11 is 7.53. The molecular formula is C15H21ClN2O2S. The average Bonchev–Trinajstić information content (AvgIpc) is 3.07. The number of hydrogen-bond donors (Lipinski definition) is 2. The van der Waals surface area contributed by atoms with Crippen molar-refractivity contribution in [2.45, 2.75) is 44.3 Å². The van der Waals surface area contributed by atoms with E-state index >= 15 is 0 Å². The lowest BCUT2D eigenvalue weighted by Crippen LogP contribution is -2.54. The summed E-state index contributed by atoms with van der Waals surface area (Å²) < 4.78 is 0.829. The number of aliphatic carboxylic acids is 1. The van der Waals surface area contributed by atoms with Crippen LogP contribution in [0, 0.1) is 5.92 Å². The minimum absolute atomic E-state index is 0.189. The van der Waals surface area contributed by atoms with Gasteiger partial charge in [0.15, 0.2) is 0 Å². The fourth-order valence-electron chi connectivity index (χ4n) is 2.89. The minimum Gasteiger partial charge on any atom is -0.480 e. The molecule has 2 saturated carbocycles. The quantitative estimate of drug-likeness (QED) is 0.770. The van der Waals surface area contributed by atoms with Crippen molar-refractivity contribution in [1.82, 2.24) is 10.2 Å². The van der Waals surface area contributed by atoms with Crippen LogP contribution < -0.4 is 5.32 Å². The Balaban J connectivity index is 1.41. The predicted molar refractivity (Wildman–Crippen MR) is 84.9 cm³/mol. The van der Waals surface area contributed by atoms with Crippen molar-refractivity contribution < 1.29 is 9.90 Å². The third-order valence-corrected chi connectivity index (χ3v) is 5.58. The van der Waals surface area contributed by atoms with E-state index in [2.05, 4.69) is 16.3 Å². The van der Waals surface area contributed by atoms with Crippen molar-refractivity contribution in [2.24, 2.45) is 5.92 Å². The van der Waals surface area contributed by atoms with E-state index in [0.717, 1.165) is 36.2 Å². The summed E-state index contributed by atoms with van der Waals surface area (Å²) in [4.78, 5) is 14.4. The van der Waals surface area contributed by atoms with Crippen molar-refractivity contribution in [2.75, 3.05) is 13.1 Å². The summed E-state index contributed by atoms with van der Waals surface area (Å²) in [5.74, 6) is 0.0323. The van der Waals surface area contributed by atoms with E-state index in [-0.39, 0.29) is 6.54 Å². The monoisotopic (exact) mass is 328 g/mol. The van der Waals surface area contributed by atoms with Gasteiger partial charge in [-0.1, -0.05) is 11.6 Å². The normalized spacial score (nSPS) is 25.0. The molecule has 0 spiro atoms. The fourth-order valence-corrected chi connectivity index (χ4v) is 3.93. The molecule has 0 aliphatic heterocycles. The second-order valence-corrected chi connectivity index (χ2v) is 7.98. The van der Waals surface area contributed by atoms with E-state index in [4.69, 9.17) is 16.7 Å². The number of hydrogen-bond acceptors (Lipinski definition) is 4. The zero-order valence-corrected chi connectivity index (χ0v) is 13.5. The first-order chi connectivity index (χ1) is 10.1. The Morgan fingerprint density at radius 3 is 2.76 bits per heavy atom. The van der Waals surface area contributed by atoms with Crippen LogP contribution in [0.2, 0.25) is 4.34 Å². The molecule has 0 unspecified atom stereocenters. The Morgan fingerprint density at radius 2 is 2.19 bits per heavy atom. The summed E-state index contributed by atoms with van der Waals surface area (Å²) in [6.07, 6.45) is 4.64. The summed E-state index contributed by atoms with van der Waals surface area (Å²) in [7, 11) is 0. The maximum atomic E-state index is 11.0. The zero-order chi connectivity index (χ0) is 14.8. The minimum atomic E-state index is -0.708. The highest BCUT2D eigenvalue weighted by Gasteiger charge is 2.36. The summed E-state index contributed by atoms with van der Waals surface area (Å²) in [6.45, 7) is 2.01. The van der Waals surface area contributed by atoms with Crippen LogP contribution in [0.25, 0.3) is 0 Å². The van der Waals surface area contributed by atoms with Gasteiger partial charge in [-0.25, -0.2) is 0 Å². The molecule has 0 atom stereocenters. The molecule has 0 bridgehead atoms. The van der Waals surface area contributed by atoms with E-state index in [1.54, 1.807) is 11.3 Å². The molecule has 2 aliphatic rings. The van der Waals surface area contributed by atoms with Crippen molar-refractivity contribution >= 4 is 28.9 Å². The van der Waals surface area contributed by atoms with Gasteiger partial charge in [-0.3, -0.25) is 9.69 Å². The second-order valence-electron chi connectivity index (χ2n) is 6.18. The van der Waals surface area contributed by atoms with Crippen LogP contribution in [0.4, 0.5) is 0 Å². The van der Waals surface area contributed by atoms with Gasteiger partial charge in [0.2, 0.25) is 0 Å². The highest BCUT2D eigenvalue weighted by molar-refractivity contribution is 7.16. The number of thiophene rings is 1. The molecule has 2 N–H and O–H groups in total. The van der Waals surface area contributed by atoms with Gasteiger partial charge in [-0.05, 0) is 43.7 Å². The molecule has 3 rings (SSSR count). The standard InChI is InChI=1S/C15H21ClN2O2S/c16-14-4-3-13(21-14)7-17-11-5-12(6-11)18(9-15(19)20)8-10-1-2-10/h3-4,10-12,17H,1-2,5-9H2,(H,19,20). The summed E-state index contributed by atoms with van der Waals surface area (Å²) in [6, 6.07) is 4.93. The van der Waals surface area contributed by atoms with Crippen molar-refractivity contribution in [3.63, 3.8) is 0 Å². The molecule has 4 nitrogen and oxygen atoms in total. The number of halogens is 1. The molecular weight excluding hydrogens is 308 g/mol. The number of carbonyl (C=O) groups is 1. The number of nitrogens with zero attached hydrogens (tertiary/aromatic N) is 1. The number of rotatable bonds is 8. The highest BCUT2D eigenvalue weighted by Crippen LogP contribution is 2.34. The lowest BCUT2D eigenvalue weighted by molar-refractivity contribution is -0.139. The molecule has 0 saturated heterocycles. The Bertz CT molecular complexity index is 498. The van der Waals surface area contributed by atoms with Gasteiger partial charge in [-0.15, -0.1) is 11.3 Å². The molecule has 21 heavy (non-hydrogen) atoms. The number of carboxylic acid groups (broad SMARTS) is 1. The van der Waals surface area contributed by atoms with Crippen molar-refractivity contribution in [3.8, 4) is 0 Å². The van der Waals surface area contributed by atoms with Crippen LogP contribution in [0.15, 0.2) is 12.1 Å². The largest absolute Gasteiger partial charge is 0.480 e. The van der Waals surface area contributed by atoms with E-state index in [1.165, 1.54) is 17.7 Å². The first-order valence-electron chi connectivity index (χ1n) is 7.53. The Labute approximate surface area is 134 Å². The van der Waals surface area contributed by atoms with Crippen LogP contribution in [0.3, 0.4) is 0 Å². The maximum absolute atomic E-state index is 11.0. The Kier molecular flexibility index (Phi) is 4.84. The zero-order valence-electron chi connectivity index (χ0n) is 11.9. The van der Waals surface area contributed by atoms with Crippen molar-refractivity contribution in [1.29, 1.82) is 0 Å². The third-order valence-electron chi connectivity index (χ3n) is 4.35. The van der Waals surface area contributed by atoms with E-state index < -0.39 is 5.97 Å². The van der Waals surface area contributed by atoms with Gasteiger partial charge in [0.25, 0.3) is 0 Å². The Morgan fingerprint density at radius 1 is 1.43 bits per heavy atom. The molecule has 0 aromatic carbocycles. The number of carboxylic acids is 1. The molecule has 2 fully saturated rings. The SMILES string of the molecule is O=C(O)CN(CC1CC1)C1CC(NCc2ccc(Cl)s2)C1. The van der Waals surface area contributed by atoms with Crippen LogP contribution in [0.5, 0.6) is 0 Å². The summed E-state index contributed by atoms with van der Waals surface area (Å²) in [5, 5.41) is 12.6. The van der Waals surface area contributed by atoms with Gasteiger partial charge >= 0.3 is 5.97 Å². The maximum Gasteiger partial charge on any atom is 0.317 e. The molecule has 0 amide bonds. The van der Waals surface area contributed by atoms with Crippen LogP contribution >= 0.6 is 22.9 Å². The number of nitrogens with one attached hydrogen (secondary N) is 1. The van der Waals surface area contributed by atoms with E-state index in [0.29, 0.717) is 12.1 Å². The predicted octanol–water partition coefficient (Wildman–Crippen LogP) is 2.82. The molecule has 6 heteroatoms. The average molecular weight is 329 g/mol. The topological polar surface area (TPSA) is 52.6 Å². The molecule has 116 valence electrons. The van der Waals surface area contributed by atoms with Crippen LogP contribution in [-0.4, -0.2) is 41.1 Å². The van der Waals surface area contributed by atoms with Crippen LogP contribution in [-0.2, 0) is 11.3 Å².